The van der Waals surface area contributed by atoms with E-state index in [0.717, 1.165) is 11.4 Å². The number of hydrogen-bond acceptors (Lipinski definition) is 1. The van der Waals surface area contributed by atoms with Crippen LogP contribution >= 0.6 is 0 Å². The van der Waals surface area contributed by atoms with Crippen LogP contribution in [0.4, 0.5) is 11.4 Å². The van der Waals surface area contributed by atoms with Gasteiger partial charge in [-0.25, -0.2) is 0 Å². The molecule has 0 radical (unpaired) electrons. The standard InChI is InChI=1S/C34H25N/c1-3-11-25(12-4-1)26-21-23-29(24-22-26)35-33-20-8-7-17-31(33)32-19-10-16-28-15-9-18-30(34(28)32)27-13-5-2-6-14-27/h1-24,35H. The Morgan fingerprint density at radius 1 is 0.343 bits per heavy atom. The van der Waals surface area contributed by atoms with E-state index in [1.54, 1.807) is 0 Å². The van der Waals surface area contributed by atoms with E-state index in [9.17, 15) is 0 Å². The second-order valence-electron chi connectivity index (χ2n) is 8.69. The molecule has 0 saturated carbocycles. The van der Waals surface area contributed by atoms with Crippen LogP contribution in [-0.4, -0.2) is 0 Å². The Hall–Kier alpha value is -4.62. The smallest absolute Gasteiger partial charge is 0.0464 e. The maximum atomic E-state index is 3.67. The lowest BCUT2D eigenvalue weighted by molar-refractivity contribution is 1.53. The maximum Gasteiger partial charge on any atom is 0.0464 e. The van der Waals surface area contributed by atoms with Gasteiger partial charge in [-0.05, 0) is 56.8 Å². The third-order valence-electron chi connectivity index (χ3n) is 6.48. The number of fused-ring (bicyclic) bond motifs is 1. The van der Waals surface area contributed by atoms with Crippen molar-refractivity contribution in [3.05, 3.63) is 146 Å². The fourth-order valence-corrected chi connectivity index (χ4v) is 4.78. The zero-order valence-electron chi connectivity index (χ0n) is 19.4. The molecule has 0 heterocycles. The quantitative estimate of drug-likeness (QED) is 0.277. The summed E-state index contributed by atoms with van der Waals surface area (Å²) in [5.41, 5.74) is 9.50. The van der Waals surface area contributed by atoms with Gasteiger partial charge in [0.2, 0.25) is 0 Å². The summed E-state index contributed by atoms with van der Waals surface area (Å²) in [4.78, 5) is 0. The Morgan fingerprint density at radius 2 is 0.886 bits per heavy atom. The summed E-state index contributed by atoms with van der Waals surface area (Å²) in [6, 6.07) is 51.5. The van der Waals surface area contributed by atoms with Gasteiger partial charge in [0.05, 0.1) is 0 Å². The summed E-state index contributed by atoms with van der Waals surface area (Å²) in [7, 11) is 0. The van der Waals surface area contributed by atoms with Crippen LogP contribution in [0.25, 0.3) is 44.2 Å². The molecule has 166 valence electrons. The van der Waals surface area contributed by atoms with Gasteiger partial charge < -0.3 is 5.32 Å². The molecule has 6 rings (SSSR count). The van der Waals surface area contributed by atoms with Crippen molar-refractivity contribution in [1.82, 2.24) is 0 Å². The van der Waals surface area contributed by atoms with Crippen LogP contribution in [0.3, 0.4) is 0 Å². The van der Waals surface area contributed by atoms with E-state index in [1.165, 1.54) is 44.2 Å². The van der Waals surface area contributed by atoms with Gasteiger partial charge in [-0.2, -0.15) is 0 Å². The van der Waals surface area contributed by atoms with Crippen LogP contribution in [-0.2, 0) is 0 Å². The molecule has 0 aromatic heterocycles. The molecule has 0 bridgehead atoms. The largest absolute Gasteiger partial charge is 0.355 e. The highest BCUT2D eigenvalue weighted by Gasteiger charge is 2.13. The highest BCUT2D eigenvalue weighted by atomic mass is 14.9. The molecule has 0 saturated heterocycles. The van der Waals surface area contributed by atoms with E-state index in [2.05, 4.69) is 145 Å². The molecule has 1 nitrogen and oxygen atoms in total. The number of benzene rings is 6. The van der Waals surface area contributed by atoms with E-state index in [4.69, 9.17) is 0 Å². The molecule has 0 aliphatic carbocycles. The highest BCUT2D eigenvalue weighted by molar-refractivity contribution is 6.08. The van der Waals surface area contributed by atoms with Gasteiger partial charge in [0, 0.05) is 16.9 Å². The first-order chi connectivity index (χ1) is 17.4. The third kappa shape index (κ3) is 4.20. The molecule has 0 unspecified atom stereocenters. The summed E-state index contributed by atoms with van der Waals surface area (Å²) < 4.78 is 0. The summed E-state index contributed by atoms with van der Waals surface area (Å²) in [6.45, 7) is 0. The van der Waals surface area contributed by atoms with Crippen molar-refractivity contribution in [2.45, 2.75) is 0 Å². The van der Waals surface area contributed by atoms with Gasteiger partial charge >= 0.3 is 0 Å². The van der Waals surface area contributed by atoms with Crippen molar-refractivity contribution >= 4 is 22.1 Å². The first-order valence-corrected chi connectivity index (χ1v) is 12.0. The van der Waals surface area contributed by atoms with Crippen molar-refractivity contribution in [2.75, 3.05) is 5.32 Å². The van der Waals surface area contributed by atoms with Gasteiger partial charge in [-0.3, -0.25) is 0 Å². The minimum absolute atomic E-state index is 1.07. The molecular weight excluding hydrogens is 422 g/mol. The number of rotatable bonds is 5. The minimum Gasteiger partial charge on any atom is -0.355 e. The molecular formula is C34H25N. The molecule has 6 aromatic carbocycles. The molecule has 0 fully saturated rings. The maximum absolute atomic E-state index is 3.67. The van der Waals surface area contributed by atoms with Gasteiger partial charge in [0.15, 0.2) is 0 Å². The first kappa shape index (κ1) is 20.9. The minimum atomic E-state index is 1.07. The molecule has 1 N–H and O–H groups in total. The Morgan fingerprint density at radius 3 is 1.60 bits per heavy atom. The topological polar surface area (TPSA) is 12.0 Å². The number of para-hydroxylation sites is 1. The molecule has 0 spiro atoms. The van der Waals surface area contributed by atoms with Crippen LogP contribution in [0, 0.1) is 0 Å². The predicted molar refractivity (Wildman–Crippen MR) is 150 cm³/mol. The van der Waals surface area contributed by atoms with Crippen molar-refractivity contribution < 1.29 is 0 Å². The van der Waals surface area contributed by atoms with E-state index in [-0.39, 0.29) is 0 Å². The summed E-state index contributed by atoms with van der Waals surface area (Å²) in [5, 5.41) is 6.19. The van der Waals surface area contributed by atoms with Crippen LogP contribution < -0.4 is 5.32 Å². The summed E-state index contributed by atoms with van der Waals surface area (Å²) in [5.74, 6) is 0. The van der Waals surface area contributed by atoms with E-state index in [1.807, 2.05) is 6.07 Å². The molecule has 6 aromatic rings. The second-order valence-corrected chi connectivity index (χ2v) is 8.69. The Kier molecular flexibility index (Phi) is 5.58. The SMILES string of the molecule is c1ccc(-c2ccc(Nc3ccccc3-c3cccc4cccc(-c5ccccc5)c34)cc2)cc1. The lowest BCUT2D eigenvalue weighted by atomic mass is 9.91. The Labute approximate surface area is 206 Å². The van der Waals surface area contributed by atoms with Crippen LogP contribution in [0.15, 0.2) is 146 Å². The van der Waals surface area contributed by atoms with Gasteiger partial charge in [0.1, 0.15) is 0 Å². The van der Waals surface area contributed by atoms with Gasteiger partial charge in [0.25, 0.3) is 0 Å². The molecule has 0 aliphatic heterocycles. The predicted octanol–water partition coefficient (Wildman–Crippen LogP) is 9.58. The highest BCUT2D eigenvalue weighted by Crippen LogP contribution is 2.39. The average Bonchev–Trinajstić information content (AvgIpc) is 2.94. The normalized spacial score (nSPS) is 10.9. The first-order valence-electron chi connectivity index (χ1n) is 12.0. The summed E-state index contributed by atoms with van der Waals surface area (Å²) in [6.07, 6.45) is 0. The third-order valence-corrected chi connectivity index (χ3v) is 6.48. The van der Waals surface area contributed by atoms with Crippen molar-refractivity contribution in [3.8, 4) is 33.4 Å². The number of anilines is 2. The van der Waals surface area contributed by atoms with Crippen molar-refractivity contribution in [2.24, 2.45) is 0 Å². The molecule has 35 heavy (non-hydrogen) atoms. The molecule has 0 atom stereocenters. The van der Waals surface area contributed by atoms with Gasteiger partial charge in [-0.1, -0.05) is 127 Å². The number of nitrogens with one attached hydrogen (secondary N) is 1. The van der Waals surface area contributed by atoms with Crippen LogP contribution in [0.5, 0.6) is 0 Å². The van der Waals surface area contributed by atoms with Gasteiger partial charge in [-0.15, -0.1) is 0 Å². The van der Waals surface area contributed by atoms with E-state index >= 15 is 0 Å². The monoisotopic (exact) mass is 447 g/mol. The van der Waals surface area contributed by atoms with Crippen molar-refractivity contribution in [3.63, 3.8) is 0 Å². The lowest BCUT2D eigenvalue weighted by Gasteiger charge is -2.17. The molecule has 0 amide bonds. The van der Waals surface area contributed by atoms with E-state index in [0.29, 0.717) is 0 Å². The Bertz CT molecular complexity index is 1580. The van der Waals surface area contributed by atoms with Crippen molar-refractivity contribution in [1.29, 1.82) is 0 Å². The lowest BCUT2D eigenvalue weighted by Crippen LogP contribution is -1.94. The average molecular weight is 448 g/mol. The fraction of sp³-hybridized carbons (Fsp3) is 0. The molecule has 1 heteroatoms. The fourth-order valence-electron chi connectivity index (χ4n) is 4.78. The number of hydrogen-bond donors (Lipinski definition) is 1. The van der Waals surface area contributed by atoms with E-state index < -0.39 is 0 Å². The Balaban J connectivity index is 1.43. The van der Waals surface area contributed by atoms with Crippen LogP contribution in [0.2, 0.25) is 0 Å². The molecule has 0 aliphatic rings. The van der Waals surface area contributed by atoms with Crippen LogP contribution in [0.1, 0.15) is 0 Å². The second kappa shape index (κ2) is 9.32. The zero-order chi connectivity index (χ0) is 23.5. The zero-order valence-corrected chi connectivity index (χ0v) is 19.4. The summed E-state index contributed by atoms with van der Waals surface area (Å²) >= 11 is 0.